The van der Waals surface area contributed by atoms with Gasteiger partial charge in [-0.2, -0.15) is 0 Å². The number of aromatic nitrogens is 1. The summed E-state index contributed by atoms with van der Waals surface area (Å²) in [6.07, 6.45) is 3.62. The molecule has 4 aromatic rings. The first-order chi connectivity index (χ1) is 15.7. The van der Waals surface area contributed by atoms with Gasteiger partial charge in [-0.05, 0) is 72.3 Å². The van der Waals surface area contributed by atoms with Crippen molar-refractivity contribution in [1.29, 1.82) is 0 Å². The Morgan fingerprint density at radius 3 is 1.88 bits per heavy atom. The molecule has 0 unspecified atom stereocenters. The summed E-state index contributed by atoms with van der Waals surface area (Å²) >= 11 is 1.72. The van der Waals surface area contributed by atoms with Gasteiger partial charge in [0.25, 0.3) is 11.8 Å². The fraction of sp³-hybridized carbons (Fsp3) is 0.0385. The highest BCUT2D eigenvalue weighted by atomic mass is 32.2. The van der Waals surface area contributed by atoms with Crippen LogP contribution >= 0.6 is 11.8 Å². The van der Waals surface area contributed by atoms with Gasteiger partial charge >= 0.3 is 0 Å². The molecule has 0 fully saturated rings. The van der Waals surface area contributed by atoms with Crippen LogP contribution in [0, 0.1) is 0 Å². The third-order valence-corrected chi connectivity index (χ3v) is 5.76. The molecule has 2 N–H and O–H groups in total. The molecule has 1 heterocycles. The highest BCUT2D eigenvalue weighted by molar-refractivity contribution is 7.98. The summed E-state index contributed by atoms with van der Waals surface area (Å²) in [5.41, 5.74) is 3.61. The molecule has 5 nitrogen and oxygen atoms in total. The van der Waals surface area contributed by atoms with Gasteiger partial charge in [-0.15, -0.1) is 11.8 Å². The monoisotopic (exact) mass is 439 g/mol. The van der Waals surface area contributed by atoms with Crippen molar-refractivity contribution in [2.75, 3.05) is 10.6 Å². The van der Waals surface area contributed by atoms with Crippen LogP contribution in [0.5, 0.6) is 0 Å². The van der Waals surface area contributed by atoms with Crippen molar-refractivity contribution >= 4 is 35.0 Å². The number of benzene rings is 3. The standard InChI is InChI=1S/C26H21N3O2S/c30-25(20-6-2-1-3-7-20)28-22-10-8-21(9-11-22)26(31)29-23-12-14-24(15-13-23)32-18-19-5-4-16-27-17-19/h1-17H,18H2,(H,28,30)(H,29,31). The lowest BCUT2D eigenvalue weighted by molar-refractivity contribution is 0.102. The van der Waals surface area contributed by atoms with E-state index in [1.807, 2.05) is 60.8 Å². The van der Waals surface area contributed by atoms with E-state index in [-0.39, 0.29) is 11.8 Å². The fourth-order valence-corrected chi connectivity index (χ4v) is 3.82. The van der Waals surface area contributed by atoms with E-state index < -0.39 is 0 Å². The van der Waals surface area contributed by atoms with E-state index in [4.69, 9.17) is 0 Å². The van der Waals surface area contributed by atoms with E-state index in [0.29, 0.717) is 16.8 Å². The average molecular weight is 440 g/mol. The zero-order valence-electron chi connectivity index (χ0n) is 17.2. The minimum Gasteiger partial charge on any atom is -0.322 e. The lowest BCUT2D eigenvalue weighted by Gasteiger charge is -2.08. The third kappa shape index (κ3) is 5.83. The molecule has 6 heteroatoms. The molecule has 32 heavy (non-hydrogen) atoms. The predicted molar refractivity (Wildman–Crippen MR) is 129 cm³/mol. The number of rotatable bonds is 7. The highest BCUT2D eigenvalue weighted by Gasteiger charge is 2.09. The molecule has 0 spiro atoms. The number of amides is 2. The van der Waals surface area contributed by atoms with Gasteiger partial charge in [0.2, 0.25) is 0 Å². The SMILES string of the molecule is O=C(Nc1ccc(C(=O)Nc2ccc(SCc3cccnc3)cc2)cc1)c1ccccc1. The Morgan fingerprint density at radius 2 is 1.28 bits per heavy atom. The summed E-state index contributed by atoms with van der Waals surface area (Å²) in [7, 11) is 0. The topological polar surface area (TPSA) is 71.1 Å². The molecule has 2 amide bonds. The number of thioether (sulfide) groups is 1. The quantitative estimate of drug-likeness (QED) is 0.353. The van der Waals surface area contributed by atoms with E-state index in [9.17, 15) is 9.59 Å². The van der Waals surface area contributed by atoms with Gasteiger partial charge in [-0.3, -0.25) is 14.6 Å². The Labute approximate surface area is 190 Å². The number of hydrogen-bond donors (Lipinski definition) is 2. The molecule has 0 bridgehead atoms. The van der Waals surface area contributed by atoms with Crippen molar-refractivity contribution in [3.8, 4) is 0 Å². The van der Waals surface area contributed by atoms with Gasteiger partial charge in [-0.25, -0.2) is 0 Å². The van der Waals surface area contributed by atoms with Gasteiger partial charge < -0.3 is 10.6 Å². The molecule has 158 valence electrons. The Kier molecular flexibility index (Phi) is 6.94. The normalized spacial score (nSPS) is 10.4. The number of anilines is 2. The van der Waals surface area contributed by atoms with Crippen LogP contribution in [0.15, 0.2) is 108 Å². The molecule has 0 saturated heterocycles. The lowest BCUT2D eigenvalue weighted by atomic mass is 10.1. The van der Waals surface area contributed by atoms with Crippen molar-refractivity contribution in [3.63, 3.8) is 0 Å². The van der Waals surface area contributed by atoms with E-state index in [2.05, 4.69) is 15.6 Å². The van der Waals surface area contributed by atoms with Crippen LogP contribution in [0.1, 0.15) is 26.3 Å². The molecule has 0 aliphatic carbocycles. The van der Waals surface area contributed by atoms with Crippen LogP contribution < -0.4 is 10.6 Å². The van der Waals surface area contributed by atoms with Crippen molar-refractivity contribution in [2.45, 2.75) is 10.6 Å². The Morgan fingerprint density at radius 1 is 0.688 bits per heavy atom. The second-order valence-electron chi connectivity index (χ2n) is 7.03. The summed E-state index contributed by atoms with van der Waals surface area (Å²) in [6, 6.07) is 27.5. The summed E-state index contributed by atoms with van der Waals surface area (Å²) in [5.74, 6) is 0.443. The second-order valence-corrected chi connectivity index (χ2v) is 8.07. The first-order valence-corrected chi connectivity index (χ1v) is 11.1. The molecule has 0 saturated carbocycles. The lowest BCUT2D eigenvalue weighted by Crippen LogP contribution is -2.13. The molecule has 0 aliphatic heterocycles. The maximum absolute atomic E-state index is 12.6. The van der Waals surface area contributed by atoms with Crippen molar-refractivity contribution in [3.05, 3.63) is 120 Å². The summed E-state index contributed by atoms with van der Waals surface area (Å²) in [5, 5.41) is 5.73. The minimum atomic E-state index is -0.207. The predicted octanol–water partition coefficient (Wildman–Crippen LogP) is 5.88. The van der Waals surface area contributed by atoms with Crippen LogP contribution in [0.2, 0.25) is 0 Å². The Hall–Kier alpha value is -3.90. The van der Waals surface area contributed by atoms with E-state index in [1.54, 1.807) is 54.4 Å². The maximum atomic E-state index is 12.6. The van der Waals surface area contributed by atoms with Crippen molar-refractivity contribution < 1.29 is 9.59 Å². The van der Waals surface area contributed by atoms with E-state index >= 15 is 0 Å². The van der Waals surface area contributed by atoms with Crippen LogP contribution in [-0.2, 0) is 5.75 Å². The van der Waals surface area contributed by atoms with Gasteiger partial charge in [0, 0.05) is 45.5 Å². The number of carbonyl (C=O) groups is 2. The smallest absolute Gasteiger partial charge is 0.255 e. The first-order valence-electron chi connectivity index (χ1n) is 10.1. The number of nitrogens with one attached hydrogen (secondary N) is 2. The molecule has 0 radical (unpaired) electrons. The van der Waals surface area contributed by atoms with Gasteiger partial charge in [0.15, 0.2) is 0 Å². The molecule has 0 atom stereocenters. The van der Waals surface area contributed by atoms with Crippen molar-refractivity contribution in [1.82, 2.24) is 4.98 Å². The zero-order chi connectivity index (χ0) is 22.2. The maximum Gasteiger partial charge on any atom is 0.255 e. The summed E-state index contributed by atoms with van der Waals surface area (Å²) < 4.78 is 0. The van der Waals surface area contributed by atoms with Crippen LogP contribution in [-0.4, -0.2) is 16.8 Å². The van der Waals surface area contributed by atoms with Gasteiger partial charge in [-0.1, -0.05) is 24.3 Å². The third-order valence-electron chi connectivity index (χ3n) is 4.68. The van der Waals surface area contributed by atoms with Gasteiger partial charge in [0.1, 0.15) is 0 Å². The number of carbonyl (C=O) groups excluding carboxylic acids is 2. The van der Waals surface area contributed by atoms with Crippen LogP contribution in [0.3, 0.4) is 0 Å². The second kappa shape index (κ2) is 10.4. The fourth-order valence-electron chi connectivity index (χ4n) is 2.99. The molecule has 3 aromatic carbocycles. The van der Waals surface area contributed by atoms with E-state index in [0.717, 1.165) is 16.3 Å². The van der Waals surface area contributed by atoms with Crippen LogP contribution in [0.4, 0.5) is 11.4 Å². The number of hydrogen-bond acceptors (Lipinski definition) is 4. The molecule has 1 aromatic heterocycles. The summed E-state index contributed by atoms with van der Waals surface area (Å²) in [6.45, 7) is 0. The minimum absolute atomic E-state index is 0.190. The number of pyridine rings is 1. The van der Waals surface area contributed by atoms with Crippen molar-refractivity contribution in [2.24, 2.45) is 0 Å². The summed E-state index contributed by atoms with van der Waals surface area (Å²) in [4.78, 5) is 30.0. The zero-order valence-corrected chi connectivity index (χ0v) is 18.0. The Bertz CT molecular complexity index is 1180. The van der Waals surface area contributed by atoms with Crippen LogP contribution in [0.25, 0.3) is 0 Å². The molecule has 4 rings (SSSR count). The molecular formula is C26H21N3O2S. The first kappa shape index (κ1) is 21.3. The van der Waals surface area contributed by atoms with E-state index in [1.165, 1.54) is 5.56 Å². The Balaban J connectivity index is 1.31. The largest absolute Gasteiger partial charge is 0.322 e. The average Bonchev–Trinajstić information content (AvgIpc) is 2.85. The molecular weight excluding hydrogens is 418 g/mol. The molecule has 0 aliphatic rings. The van der Waals surface area contributed by atoms with Gasteiger partial charge in [0.05, 0.1) is 0 Å². The highest BCUT2D eigenvalue weighted by Crippen LogP contribution is 2.24. The number of nitrogens with zero attached hydrogens (tertiary/aromatic N) is 1.